The largest absolute Gasteiger partial charge is 0.496 e. The third-order valence-corrected chi connectivity index (χ3v) is 3.75. The van der Waals surface area contributed by atoms with E-state index in [4.69, 9.17) is 21.1 Å². The average Bonchev–Trinajstić information content (AvgIpc) is 2.63. The van der Waals surface area contributed by atoms with E-state index in [9.17, 15) is 22.8 Å². The van der Waals surface area contributed by atoms with Crippen molar-refractivity contribution in [3.8, 4) is 5.75 Å². The molecule has 0 aromatic heterocycles. The molecule has 2 aromatic carbocycles. The topological polar surface area (TPSA) is 64.6 Å². The van der Waals surface area contributed by atoms with E-state index in [1.54, 1.807) is 0 Å². The van der Waals surface area contributed by atoms with Crippen molar-refractivity contribution in [2.24, 2.45) is 0 Å². The average molecular weight is 402 g/mol. The van der Waals surface area contributed by atoms with E-state index in [1.807, 2.05) is 0 Å². The third-order valence-electron chi connectivity index (χ3n) is 3.51. The Morgan fingerprint density at radius 2 is 1.85 bits per heavy atom. The summed E-state index contributed by atoms with van der Waals surface area (Å²) in [5, 5.41) is 2.56. The normalized spacial score (nSPS) is 11.0. The minimum atomic E-state index is -4.53. The standard InChI is InChI=1S/C18H15ClF3NO4/c1-26-15-7-6-12(19)8-13(15)17(25)27-10-16(24)23-9-11-4-2-3-5-14(11)18(20,21)22/h2-8H,9-10H2,1H3,(H,23,24). The van der Waals surface area contributed by atoms with Gasteiger partial charge in [-0.3, -0.25) is 4.79 Å². The maximum atomic E-state index is 12.9. The lowest BCUT2D eigenvalue weighted by Gasteiger charge is -2.13. The Hall–Kier alpha value is -2.74. The number of ether oxygens (including phenoxy) is 2. The number of nitrogens with one attached hydrogen (secondary N) is 1. The van der Waals surface area contributed by atoms with E-state index in [0.717, 1.165) is 6.07 Å². The number of carbonyl (C=O) groups excluding carboxylic acids is 2. The van der Waals surface area contributed by atoms with Gasteiger partial charge < -0.3 is 14.8 Å². The fraction of sp³-hybridized carbons (Fsp3) is 0.222. The highest BCUT2D eigenvalue weighted by molar-refractivity contribution is 6.31. The summed E-state index contributed by atoms with van der Waals surface area (Å²) in [6.07, 6.45) is -4.53. The summed E-state index contributed by atoms with van der Waals surface area (Å²) >= 11 is 5.82. The summed E-state index contributed by atoms with van der Waals surface area (Å²) in [6.45, 7) is -1.02. The zero-order valence-electron chi connectivity index (χ0n) is 14.1. The van der Waals surface area contributed by atoms with Crippen LogP contribution in [-0.2, 0) is 22.3 Å². The summed E-state index contributed by atoms with van der Waals surface area (Å²) in [5.74, 6) is -1.38. The second-order valence-electron chi connectivity index (χ2n) is 5.35. The SMILES string of the molecule is COc1ccc(Cl)cc1C(=O)OCC(=O)NCc1ccccc1C(F)(F)F. The Morgan fingerprint density at radius 1 is 1.15 bits per heavy atom. The predicted molar refractivity (Wildman–Crippen MR) is 91.6 cm³/mol. The van der Waals surface area contributed by atoms with Gasteiger partial charge in [0.25, 0.3) is 5.91 Å². The molecule has 0 saturated heterocycles. The van der Waals surface area contributed by atoms with Crippen molar-refractivity contribution in [3.63, 3.8) is 0 Å². The van der Waals surface area contributed by atoms with Gasteiger partial charge in [0.05, 0.1) is 12.7 Å². The predicted octanol–water partition coefficient (Wildman–Crippen LogP) is 3.84. The zero-order valence-corrected chi connectivity index (χ0v) is 14.9. The van der Waals surface area contributed by atoms with Gasteiger partial charge in [-0.1, -0.05) is 29.8 Å². The van der Waals surface area contributed by atoms with Crippen LogP contribution < -0.4 is 10.1 Å². The highest BCUT2D eigenvalue weighted by Gasteiger charge is 2.32. The Bertz CT molecular complexity index is 840. The molecule has 2 aromatic rings. The first kappa shape index (κ1) is 20.6. The monoisotopic (exact) mass is 401 g/mol. The van der Waals surface area contributed by atoms with E-state index in [2.05, 4.69) is 5.32 Å². The molecule has 2 rings (SSSR count). The number of hydrogen-bond donors (Lipinski definition) is 1. The molecule has 0 bridgehead atoms. The summed E-state index contributed by atoms with van der Waals surface area (Å²) in [5.41, 5.74) is -0.910. The molecule has 0 radical (unpaired) electrons. The smallest absolute Gasteiger partial charge is 0.416 e. The first-order valence-corrected chi connectivity index (χ1v) is 8.02. The van der Waals surface area contributed by atoms with Crippen molar-refractivity contribution in [2.45, 2.75) is 12.7 Å². The molecule has 144 valence electrons. The lowest BCUT2D eigenvalue weighted by Crippen LogP contribution is -2.29. The Labute approximate surface area is 158 Å². The van der Waals surface area contributed by atoms with Crippen LogP contribution in [-0.4, -0.2) is 25.6 Å². The molecule has 0 unspecified atom stereocenters. The van der Waals surface area contributed by atoms with Crippen molar-refractivity contribution >= 4 is 23.5 Å². The quantitative estimate of drug-likeness (QED) is 0.747. The molecule has 0 spiro atoms. The van der Waals surface area contributed by atoms with Gasteiger partial charge >= 0.3 is 12.1 Å². The van der Waals surface area contributed by atoms with Gasteiger partial charge in [-0.25, -0.2) is 4.79 Å². The van der Waals surface area contributed by atoms with Crippen LogP contribution in [0, 0.1) is 0 Å². The molecule has 0 saturated carbocycles. The molecule has 5 nitrogen and oxygen atoms in total. The van der Waals surface area contributed by atoms with Crippen LogP contribution in [0.3, 0.4) is 0 Å². The van der Waals surface area contributed by atoms with Gasteiger partial charge in [-0.15, -0.1) is 0 Å². The number of esters is 1. The molecule has 0 atom stereocenters. The third kappa shape index (κ3) is 5.62. The number of halogens is 4. The number of benzene rings is 2. The zero-order chi connectivity index (χ0) is 20.0. The lowest BCUT2D eigenvalue weighted by molar-refractivity contribution is -0.138. The van der Waals surface area contributed by atoms with Crippen LogP contribution in [0.1, 0.15) is 21.5 Å². The molecule has 0 heterocycles. The van der Waals surface area contributed by atoms with Gasteiger partial charge in [0.15, 0.2) is 6.61 Å². The Morgan fingerprint density at radius 3 is 2.52 bits per heavy atom. The fourth-order valence-corrected chi connectivity index (χ4v) is 2.42. The number of carbonyl (C=O) groups is 2. The Kier molecular flexibility index (Phi) is 6.68. The van der Waals surface area contributed by atoms with Gasteiger partial charge in [-0.2, -0.15) is 13.2 Å². The van der Waals surface area contributed by atoms with Crippen molar-refractivity contribution < 1.29 is 32.2 Å². The minimum absolute atomic E-state index is 0.0280. The molecule has 27 heavy (non-hydrogen) atoms. The maximum absolute atomic E-state index is 12.9. The first-order chi connectivity index (χ1) is 12.7. The second kappa shape index (κ2) is 8.77. The molecular weight excluding hydrogens is 387 g/mol. The Balaban J connectivity index is 1.94. The fourth-order valence-electron chi connectivity index (χ4n) is 2.24. The van der Waals surface area contributed by atoms with Gasteiger partial charge in [-0.05, 0) is 29.8 Å². The minimum Gasteiger partial charge on any atom is -0.496 e. The maximum Gasteiger partial charge on any atom is 0.416 e. The molecular formula is C18H15ClF3NO4. The number of hydrogen-bond acceptors (Lipinski definition) is 4. The molecule has 1 N–H and O–H groups in total. The molecule has 0 aliphatic heterocycles. The van der Waals surface area contributed by atoms with E-state index < -0.39 is 30.2 Å². The van der Waals surface area contributed by atoms with E-state index in [1.165, 1.54) is 43.5 Å². The van der Waals surface area contributed by atoms with Crippen molar-refractivity contribution in [3.05, 3.63) is 64.2 Å². The molecule has 0 fully saturated rings. The van der Waals surface area contributed by atoms with Crippen LogP contribution in [0.15, 0.2) is 42.5 Å². The van der Waals surface area contributed by atoms with Crippen molar-refractivity contribution in [2.75, 3.05) is 13.7 Å². The van der Waals surface area contributed by atoms with Crippen LogP contribution in [0.4, 0.5) is 13.2 Å². The highest BCUT2D eigenvalue weighted by Crippen LogP contribution is 2.31. The van der Waals surface area contributed by atoms with Gasteiger partial charge in [0.2, 0.25) is 0 Å². The first-order valence-electron chi connectivity index (χ1n) is 7.65. The lowest BCUT2D eigenvalue weighted by atomic mass is 10.1. The summed E-state index contributed by atoms with van der Waals surface area (Å²) in [4.78, 5) is 23.9. The molecule has 0 aliphatic carbocycles. The highest BCUT2D eigenvalue weighted by atomic mass is 35.5. The van der Waals surface area contributed by atoms with Crippen molar-refractivity contribution in [1.29, 1.82) is 0 Å². The van der Waals surface area contributed by atoms with Crippen LogP contribution in [0.5, 0.6) is 5.75 Å². The number of methoxy groups -OCH3 is 1. The summed E-state index contributed by atoms with van der Waals surface area (Å²) < 4.78 is 48.6. The molecule has 1 amide bonds. The summed E-state index contributed by atoms with van der Waals surface area (Å²) in [7, 11) is 1.35. The molecule has 0 aliphatic rings. The summed E-state index contributed by atoms with van der Waals surface area (Å²) in [6, 6.07) is 9.17. The van der Waals surface area contributed by atoms with E-state index >= 15 is 0 Å². The second-order valence-corrected chi connectivity index (χ2v) is 5.79. The van der Waals surface area contributed by atoms with E-state index in [0.29, 0.717) is 0 Å². The van der Waals surface area contributed by atoms with Crippen LogP contribution in [0.2, 0.25) is 5.02 Å². The van der Waals surface area contributed by atoms with Crippen LogP contribution in [0.25, 0.3) is 0 Å². The van der Waals surface area contributed by atoms with Gasteiger partial charge in [0.1, 0.15) is 11.3 Å². The number of amides is 1. The van der Waals surface area contributed by atoms with Gasteiger partial charge in [0, 0.05) is 11.6 Å². The number of alkyl halides is 3. The molecule has 9 heteroatoms. The van der Waals surface area contributed by atoms with Crippen molar-refractivity contribution in [1.82, 2.24) is 5.32 Å². The number of rotatable bonds is 6. The van der Waals surface area contributed by atoms with Crippen LogP contribution >= 0.6 is 11.6 Å². The van der Waals surface area contributed by atoms with E-state index in [-0.39, 0.29) is 28.4 Å².